The number of nitrogens with zero attached hydrogens (tertiary/aromatic N) is 1. The molecule has 0 aliphatic heterocycles. The number of aromatic hydroxyl groups is 1. The number of carbonyl (C=O) groups is 1. The standard InChI is InChI=1S/C20H20ClN3O4S2/c1-12-19(29-20(23-12)24-13(2)25)15-5-8-17(21)18(11-15)30(27,28)22-10-9-14-3-6-16(26)7-4-14/h3-8,11,22,26H,9-10H2,1-2H3,(H,23,24,25). The molecule has 0 fully saturated rings. The number of aryl methyl sites for hydroxylation is 1. The van der Waals surface area contributed by atoms with E-state index in [4.69, 9.17) is 11.6 Å². The summed E-state index contributed by atoms with van der Waals surface area (Å²) in [5.74, 6) is -0.0737. The van der Waals surface area contributed by atoms with Crippen LogP contribution in [0.4, 0.5) is 5.13 Å². The number of sulfonamides is 1. The Labute approximate surface area is 183 Å². The van der Waals surface area contributed by atoms with Crippen molar-refractivity contribution in [3.8, 4) is 16.2 Å². The van der Waals surface area contributed by atoms with E-state index < -0.39 is 10.0 Å². The first-order valence-electron chi connectivity index (χ1n) is 8.98. The summed E-state index contributed by atoms with van der Waals surface area (Å²) >= 11 is 7.44. The number of aromatic nitrogens is 1. The van der Waals surface area contributed by atoms with Crippen LogP contribution in [-0.4, -0.2) is 31.0 Å². The molecule has 0 unspecified atom stereocenters. The zero-order valence-corrected chi connectivity index (χ0v) is 18.7. The minimum atomic E-state index is -3.84. The Morgan fingerprint density at radius 1 is 1.20 bits per heavy atom. The molecule has 7 nitrogen and oxygen atoms in total. The molecule has 0 bridgehead atoms. The lowest BCUT2D eigenvalue weighted by Crippen LogP contribution is -2.26. The van der Waals surface area contributed by atoms with Crippen LogP contribution >= 0.6 is 22.9 Å². The average molecular weight is 466 g/mol. The van der Waals surface area contributed by atoms with Crippen LogP contribution < -0.4 is 10.0 Å². The lowest BCUT2D eigenvalue weighted by molar-refractivity contribution is -0.114. The zero-order valence-electron chi connectivity index (χ0n) is 16.3. The van der Waals surface area contributed by atoms with Gasteiger partial charge in [-0.3, -0.25) is 4.79 Å². The fourth-order valence-electron chi connectivity index (χ4n) is 2.79. The summed E-state index contributed by atoms with van der Waals surface area (Å²) < 4.78 is 28.2. The minimum absolute atomic E-state index is 0.0266. The van der Waals surface area contributed by atoms with Crippen molar-refractivity contribution < 1.29 is 18.3 Å². The first kappa shape index (κ1) is 22.2. The second-order valence-electron chi connectivity index (χ2n) is 6.57. The molecule has 3 aromatic rings. The van der Waals surface area contributed by atoms with Crippen LogP contribution in [0.5, 0.6) is 5.75 Å². The van der Waals surface area contributed by atoms with Crippen LogP contribution in [0.15, 0.2) is 47.4 Å². The van der Waals surface area contributed by atoms with Crippen LogP contribution in [-0.2, 0) is 21.2 Å². The molecule has 0 saturated heterocycles. The molecule has 1 amide bonds. The van der Waals surface area contributed by atoms with Crippen LogP contribution in [0.25, 0.3) is 10.4 Å². The SMILES string of the molecule is CC(=O)Nc1nc(C)c(-c2ccc(Cl)c(S(=O)(=O)NCCc3ccc(O)cc3)c2)s1. The second kappa shape index (κ2) is 9.13. The van der Waals surface area contributed by atoms with E-state index >= 15 is 0 Å². The van der Waals surface area contributed by atoms with Crippen molar-refractivity contribution >= 4 is 44.0 Å². The number of carbonyl (C=O) groups excluding carboxylic acids is 1. The molecule has 1 heterocycles. The molecular formula is C20H20ClN3O4S2. The lowest BCUT2D eigenvalue weighted by atomic mass is 10.1. The highest BCUT2D eigenvalue weighted by atomic mass is 35.5. The second-order valence-corrected chi connectivity index (χ2v) is 9.72. The van der Waals surface area contributed by atoms with Gasteiger partial charge in [0, 0.05) is 13.5 Å². The van der Waals surface area contributed by atoms with Gasteiger partial charge in [-0.25, -0.2) is 18.1 Å². The molecule has 1 aromatic heterocycles. The number of anilines is 1. The monoisotopic (exact) mass is 465 g/mol. The Bertz CT molecular complexity index is 1180. The van der Waals surface area contributed by atoms with Gasteiger partial charge in [0.15, 0.2) is 5.13 Å². The smallest absolute Gasteiger partial charge is 0.242 e. The van der Waals surface area contributed by atoms with E-state index in [1.165, 1.54) is 30.4 Å². The van der Waals surface area contributed by atoms with Gasteiger partial charge in [-0.05, 0) is 48.7 Å². The van der Waals surface area contributed by atoms with Crippen molar-refractivity contribution in [2.75, 3.05) is 11.9 Å². The number of hydrogen-bond acceptors (Lipinski definition) is 6. The van der Waals surface area contributed by atoms with E-state index in [2.05, 4.69) is 15.0 Å². The van der Waals surface area contributed by atoms with Gasteiger partial charge in [0.2, 0.25) is 15.9 Å². The first-order valence-corrected chi connectivity index (χ1v) is 11.7. The highest BCUT2D eigenvalue weighted by Gasteiger charge is 2.20. The Kier molecular flexibility index (Phi) is 6.77. The van der Waals surface area contributed by atoms with Gasteiger partial charge in [-0.1, -0.05) is 41.1 Å². The number of phenols is 1. The molecule has 10 heteroatoms. The topological polar surface area (TPSA) is 108 Å². The Balaban J connectivity index is 1.80. The van der Waals surface area contributed by atoms with E-state index in [1.807, 2.05) is 0 Å². The maximum absolute atomic E-state index is 12.8. The fraction of sp³-hybridized carbons (Fsp3) is 0.200. The van der Waals surface area contributed by atoms with Gasteiger partial charge in [-0.2, -0.15) is 0 Å². The molecule has 0 radical (unpaired) electrons. The van der Waals surface area contributed by atoms with Crippen LogP contribution in [0.1, 0.15) is 18.2 Å². The Morgan fingerprint density at radius 3 is 2.57 bits per heavy atom. The van der Waals surface area contributed by atoms with Crippen LogP contribution in [0.3, 0.4) is 0 Å². The van der Waals surface area contributed by atoms with Crippen molar-refractivity contribution in [1.29, 1.82) is 0 Å². The van der Waals surface area contributed by atoms with E-state index in [0.29, 0.717) is 22.8 Å². The van der Waals surface area contributed by atoms with Crippen molar-refractivity contribution in [3.63, 3.8) is 0 Å². The van der Waals surface area contributed by atoms with Crippen molar-refractivity contribution in [1.82, 2.24) is 9.71 Å². The van der Waals surface area contributed by atoms with Gasteiger partial charge < -0.3 is 10.4 Å². The molecule has 30 heavy (non-hydrogen) atoms. The molecule has 3 rings (SSSR count). The molecule has 0 saturated carbocycles. The predicted octanol–water partition coefficient (Wildman–Crippen LogP) is 3.96. The first-order chi connectivity index (χ1) is 14.2. The normalized spacial score (nSPS) is 11.4. The summed E-state index contributed by atoms with van der Waals surface area (Å²) in [5, 5.41) is 12.5. The summed E-state index contributed by atoms with van der Waals surface area (Å²) in [6, 6.07) is 11.3. The summed E-state index contributed by atoms with van der Waals surface area (Å²) in [7, 11) is -3.84. The third kappa shape index (κ3) is 5.37. The number of thiazole rings is 1. The third-order valence-electron chi connectivity index (χ3n) is 4.20. The number of hydrogen-bond donors (Lipinski definition) is 3. The molecule has 158 valence electrons. The number of benzene rings is 2. The maximum Gasteiger partial charge on any atom is 0.242 e. The number of amides is 1. The summed E-state index contributed by atoms with van der Waals surface area (Å²) in [5.41, 5.74) is 2.21. The number of halogens is 1. The molecule has 0 atom stereocenters. The van der Waals surface area contributed by atoms with E-state index in [0.717, 1.165) is 10.4 Å². The Hall–Kier alpha value is -2.46. The molecule has 0 spiro atoms. The molecule has 2 aromatic carbocycles. The van der Waals surface area contributed by atoms with Crippen LogP contribution in [0, 0.1) is 6.92 Å². The third-order valence-corrected chi connectivity index (χ3v) is 7.27. The number of nitrogens with one attached hydrogen (secondary N) is 2. The van der Waals surface area contributed by atoms with Gasteiger partial charge in [-0.15, -0.1) is 0 Å². The summed E-state index contributed by atoms with van der Waals surface area (Å²) in [6.07, 6.45) is 0.463. The lowest BCUT2D eigenvalue weighted by Gasteiger charge is -2.10. The molecule has 3 N–H and O–H groups in total. The average Bonchev–Trinajstić information content (AvgIpc) is 3.03. The number of rotatable bonds is 7. The largest absolute Gasteiger partial charge is 0.508 e. The highest BCUT2D eigenvalue weighted by molar-refractivity contribution is 7.89. The Morgan fingerprint density at radius 2 is 1.90 bits per heavy atom. The van der Waals surface area contributed by atoms with Gasteiger partial charge >= 0.3 is 0 Å². The van der Waals surface area contributed by atoms with Crippen molar-refractivity contribution in [3.05, 3.63) is 58.7 Å². The van der Waals surface area contributed by atoms with E-state index in [9.17, 15) is 18.3 Å². The zero-order chi connectivity index (χ0) is 21.9. The van der Waals surface area contributed by atoms with Gasteiger partial charge in [0.1, 0.15) is 10.6 Å². The predicted molar refractivity (Wildman–Crippen MR) is 119 cm³/mol. The number of phenolic OH excluding ortho intramolecular Hbond substituents is 1. The van der Waals surface area contributed by atoms with Crippen molar-refractivity contribution in [2.24, 2.45) is 0 Å². The molecular weight excluding hydrogens is 446 g/mol. The maximum atomic E-state index is 12.8. The molecule has 0 aliphatic rings. The van der Waals surface area contributed by atoms with E-state index in [-0.39, 0.29) is 28.1 Å². The summed E-state index contributed by atoms with van der Waals surface area (Å²) in [4.78, 5) is 16.3. The van der Waals surface area contributed by atoms with Gasteiger partial charge in [0.25, 0.3) is 0 Å². The van der Waals surface area contributed by atoms with E-state index in [1.54, 1.807) is 37.3 Å². The fourth-order valence-corrected chi connectivity index (χ4v) is 5.35. The molecule has 0 aliphatic carbocycles. The minimum Gasteiger partial charge on any atom is -0.508 e. The quantitative estimate of drug-likeness (QED) is 0.489. The van der Waals surface area contributed by atoms with Crippen molar-refractivity contribution in [2.45, 2.75) is 25.2 Å². The highest BCUT2D eigenvalue weighted by Crippen LogP contribution is 2.35. The summed E-state index contributed by atoms with van der Waals surface area (Å²) in [6.45, 7) is 3.36. The van der Waals surface area contributed by atoms with Gasteiger partial charge in [0.05, 0.1) is 15.6 Å². The van der Waals surface area contributed by atoms with Crippen LogP contribution in [0.2, 0.25) is 5.02 Å².